The molecular weight excluding hydrogens is 255 g/mol. The summed E-state index contributed by atoms with van der Waals surface area (Å²) in [6.07, 6.45) is 1.87. The summed E-state index contributed by atoms with van der Waals surface area (Å²) in [5, 5.41) is 0. The summed E-state index contributed by atoms with van der Waals surface area (Å²) in [5.74, 6) is 0.772. The summed E-state index contributed by atoms with van der Waals surface area (Å²) in [7, 11) is -1.41. The van der Waals surface area contributed by atoms with Gasteiger partial charge in [0.1, 0.15) is 0 Å². The summed E-state index contributed by atoms with van der Waals surface area (Å²) in [4.78, 5) is 0. The first-order valence-electron chi connectivity index (χ1n) is 3.10. The normalized spacial score (nSPS) is 12.0. The van der Waals surface area contributed by atoms with Crippen LogP contribution in [0.2, 0.25) is 19.6 Å². The van der Waals surface area contributed by atoms with Crippen molar-refractivity contribution in [2.75, 3.05) is 0 Å². The van der Waals surface area contributed by atoms with Crippen LogP contribution in [0.3, 0.4) is 0 Å². The minimum atomic E-state index is -1.41. The summed E-state index contributed by atoms with van der Waals surface area (Å²) < 4.78 is 7.43. The van der Waals surface area contributed by atoms with Crippen LogP contribution in [0.5, 0.6) is 0 Å². The second-order valence-electron chi connectivity index (χ2n) is 2.97. The van der Waals surface area contributed by atoms with E-state index in [-0.39, 0.29) is 0 Å². The number of halogens is 1. The van der Waals surface area contributed by atoms with Crippen molar-refractivity contribution >= 4 is 30.9 Å². The first-order valence-corrected chi connectivity index (χ1v) is 7.76. The Hall–Kier alpha value is 0.227. The lowest BCUT2D eigenvalue weighted by molar-refractivity contribution is 0.444. The molecule has 0 rings (SSSR count). The molecule has 0 saturated carbocycles. The highest BCUT2D eigenvalue weighted by Gasteiger charge is 2.15. The second-order valence-corrected chi connectivity index (χ2v) is 8.12. The minimum Gasteiger partial charge on any atom is -0.545 e. The van der Waals surface area contributed by atoms with Gasteiger partial charge in [-0.25, -0.2) is 0 Å². The van der Waals surface area contributed by atoms with Crippen molar-refractivity contribution in [2.24, 2.45) is 0 Å². The molecule has 0 N–H and O–H groups in total. The molecule has 0 fully saturated rings. The molecule has 0 atom stereocenters. The number of rotatable bonds is 3. The van der Waals surface area contributed by atoms with Gasteiger partial charge in [0.25, 0.3) is 0 Å². The van der Waals surface area contributed by atoms with Crippen molar-refractivity contribution in [2.45, 2.75) is 19.6 Å². The molecule has 10 heavy (non-hydrogen) atoms. The monoisotopic (exact) mass is 268 g/mol. The third kappa shape index (κ3) is 6.35. The van der Waals surface area contributed by atoms with Crippen LogP contribution in [0, 0.1) is 0 Å². The Bertz CT molecular complexity index is 146. The zero-order valence-electron chi connectivity index (χ0n) is 6.65. The van der Waals surface area contributed by atoms with Crippen molar-refractivity contribution in [1.82, 2.24) is 0 Å². The van der Waals surface area contributed by atoms with Gasteiger partial charge in [0.05, 0.1) is 5.76 Å². The van der Waals surface area contributed by atoms with Crippen molar-refractivity contribution < 1.29 is 4.43 Å². The van der Waals surface area contributed by atoms with Gasteiger partial charge in [-0.3, -0.25) is 0 Å². The average Bonchev–Trinajstić information content (AvgIpc) is 1.59. The zero-order valence-corrected chi connectivity index (χ0v) is 9.81. The molecule has 0 saturated heterocycles. The van der Waals surface area contributed by atoms with Gasteiger partial charge in [-0.2, -0.15) is 0 Å². The topological polar surface area (TPSA) is 9.23 Å². The fraction of sp³-hybridized carbons (Fsp3) is 0.429. The lowest BCUT2D eigenvalue weighted by Gasteiger charge is -2.18. The maximum absolute atomic E-state index is 5.53. The predicted molar refractivity (Wildman–Crippen MR) is 56.7 cm³/mol. The molecule has 0 spiro atoms. The van der Waals surface area contributed by atoms with E-state index in [1.165, 1.54) is 0 Å². The molecule has 0 aliphatic rings. The van der Waals surface area contributed by atoms with Gasteiger partial charge in [-0.15, -0.1) is 0 Å². The number of allylic oxidation sites excluding steroid dienone is 1. The van der Waals surface area contributed by atoms with Gasteiger partial charge in [-0.05, 0) is 29.8 Å². The Kier molecular flexibility index (Phi) is 4.27. The second kappa shape index (κ2) is 4.18. The average molecular weight is 268 g/mol. The highest BCUT2D eigenvalue weighted by Crippen LogP contribution is 2.09. The van der Waals surface area contributed by atoms with Crippen LogP contribution in [-0.4, -0.2) is 8.32 Å². The molecular formula is C7H13IOSi. The molecule has 3 heteroatoms. The Labute approximate surface area is 77.4 Å². The van der Waals surface area contributed by atoms with Crippen molar-refractivity contribution in [3.63, 3.8) is 0 Å². The van der Waals surface area contributed by atoms with Crippen molar-refractivity contribution in [3.8, 4) is 0 Å². The van der Waals surface area contributed by atoms with Crippen LogP contribution in [0.25, 0.3) is 0 Å². The SMILES string of the molecule is C=C(C=CI)O[Si](C)(C)C. The molecule has 0 bridgehead atoms. The number of hydrogen-bond donors (Lipinski definition) is 0. The van der Waals surface area contributed by atoms with E-state index in [4.69, 9.17) is 4.43 Å². The van der Waals surface area contributed by atoms with Gasteiger partial charge in [0.2, 0.25) is 8.32 Å². The first-order chi connectivity index (χ1) is 4.45. The third-order valence-corrected chi connectivity index (χ3v) is 1.92. The Morgan fingerprint density at radius 3 is 2.30 bits per heavy atom. The van der Waals surface area contributed by atoms with E-state index in [9.17, 15) is 0 Å². The van der Waals surface area contributed by atoms with Crippen molar-refractivity contribution in [1.29, 1.82) is 0 Å². The lowest BCUT2D eigenvalue weighted by Crippen LogP contribution is -2.23. The van der Waals surface area contributed by atoms with Crippen molar-refractivity contribution in [3.05, 3.63) is 22.5 Å². The van der Waals surface area contributed by atoms with E-state index in [0.717, 1.165) is 5.76 Å². The molecule has 58 valence electrons. The molecule has 0 aliphatic heterocycles. The first kappa shape index (κ1) is 10.2. The van der Waals surface area contributed by atoms with Crippen LogP contribution in [0.15, 0.2) is 22.5 Å². The van der Waals surface area contributed by atoms with Gasteiger partial charge in [0, 0.05) is 0 Å². The number of hydrogen-bond acceptors (Lipinski definition) is 1. The van der Waals surface area contributed by atoms with E-state index >= 15 is 0 Å². The van der Waals surface area contributed by atoms with E-state index in [1.54, 1.807) is 0 Å². The van der Waals surface area contributed by atoms with E-state index in [1.807, 2.05) is 10.2 Å². The molecule has 0 amide bonds. The molecule has 0 aliphatic carbocycles. The lowest BCUT2D eigenvalue weighted by atomic mass is 10.6. The van der Waals surface area contributed by atoms with Gasteiger partial charge < -0.3 is 4.43 Å². The maximum atomic E-state index is 5.53. The Balaban J connectivity index is 3.81. The highest BCUT2D eigenvalue weighted by molar-refractivity contribution is 14.1. The molecule has 0 aromatic carbocycles. The molecule has 0 radical (unpaired) electrons. The van der Waals surface area contributed by atoms with Crippen LogP contribution in [-0.2, 0) is 4.43 Å². The maximum Gasteiger partial charge on any atom is 0.242 e. The van der Waals surface area contributed by atoms with Crippen LogP contribution < -0.4 is 0 Å². The van der Waals surface area contributed by atoms with E-state index in [0.29, 0.717) is 0 Å². The summed E-state index contributed by atoms with van der Waals surface area (Å²) in [6.45, 7) is 10.2. The Morgan fingerprint density at radius 2 is 2.00 bits per heavy atom. The van der Waals surface area contributed by atoms with Crippen LogP contribution in [0.1, 0.15) is 0 Å². The molecule has 0 heterocycles. The van der Waals surface area contributed by atoms with Gasteiger partial charge in [0.15, 0.2) is 0 Å². The van der Waals surface area contributed by atoms with Crippen LogP contribution in [0.4, 0.5) is 0 Å². The smallest absolute Gasteiger partial charge is 0.242 e. The summed E-state index contributed by atoms with van der Waals surface area (Å²) in [5.41, 5.74) is 0. The largest absolute Gasteiger partial charge is 0.545 e. The fourth-order valence-electron chi connectivity index (χ4n) is 0.498. The standard InChI is InChI=1S/C7H13IOSi/c1-7(5-6-8)9-10(2,3)4/h5-6H,1H2,2-4H3. The molecule has 0 unspecified atom stereocenters. The minimum absolute atomic E-state index is 0.772. The van der Waals surface area contributed by atoms with Gasteiger partial charge >= 0.3 is 0 Å². The molecule has 1 nitrogen and oxygen atoms in total. The quantitative estimate of drug-likeness (QED) is 0.330. The molecule has 0 aromatic rings. The van der Waals surface area contributed by atoms with E-state index < -0.39 is 8.32 Å². The predicted octanol–water partition coefficient (Wildman–Crippen LogP) is 3.30. The highest BCUT2D eigenvalue weighted by atomic mass is 127. The van der Waals surface area contributed by atoms with Crippen LogP contribution >= 0.6 is 22.6 Å². The molecule has 0 aromatic heterocycles. The summed E-state index contributed by atoms with van der Waals surface area (Å²) >= 11 is 2.15. The van der Waals surface area contributed by atoms with Gasteiger partial charge in [-0.1, -0.05) is 29.2 Å². The Morgan fingerprint density at radius 1 is 1.50 bits per heavy atom. The third-order valence-electron chi connectivity index (χ3n) is 0.686. The fourth-order valence-corrected chi connectivity index (χ4v) is 1.75. The zero-order chi connectivity index (χ0) is 8.20. The van der Waals surface area contributed by atoms with E-state index in [2.05, 4.69) is 48.8 Å². The summed E-state index contributed by atoms with van der Waals surface area (Å²) in [6, 6.07) is 0.